The minimum Gasteiger partial charge on any atom is -0.383 e. The van der Waals surface area contributed by atoms with Gasteiger partial charge in [-0.3, -0.25) is 14.9 Å². The van der Waals surface area contributed by atoms with Crippen molar-refractivity contribution in [1.29, 1.82) is 0 Å². The third kappa shape index (κ3) is 3.95. The minimum absolute atomic E-state index is 0.0185. The minimum atomic E-state index is -0.626. The van der Waals surface area contributed by atoms with Crippen molar-refractivity contribution >= 4 is 23.5 Å². The molecule has 34 heavy (non-hydrogen) atoms. The summed E-state index contributed by atoms with van der Waals surface area (Å²) in [4.78, 5) is 24.5. The quantitative estimate of drug-likeness (QED) is 0.484. The molecule has 5 rings (SSSR count). The van der Waals surface area contributed by atoms with Crippen LogP contribution < -0.4 is 16.8 Å². The van der Waals surface area contributed by atoms with Crippen LogP contribution in [-0.2, 0) is 11.2 Å². The van der Waals surface area contributed by atoms with Crippen molar-refractivity contribution in [2.75, 3.05) is 11.1 Å². The molecule has 2 aromatic heterocycles. The molecule has 2 amide bonds. The second kappa shape index (κ2) is 8.30. The van der Waals surface area contributed by atoms with Gasteiger partial charge in [-0.15, -0.1) is 0 Å². The van der Waals surface area contributed by atoms with Gasteiger partial charge in [0.15, 0.2) is 0 Å². The average Bonchev–Trinajstić information content (AvgIpc) is 3.31. The highest BCUT2D eigenvalue weighted by Crippen LogP contribution is 2.61. The molecule has 0 unspecified atom stereocenters. The van der Waals surface area contributed by atoms with Crippen molar-refractivity contribution in [2.45, 2.75) is 64.3 Å². The van der Waals surface area contributed by atoms with Gasteiger partial charge < -0.3 is 16.0 Å². The van der Waals surface area contributed by atoms with E-state index < -0.39 is 5.91 Å². The van der Waals surface area contributed by atoms with E-state index in [0.717, 1.165) is 11.3 Å². The molecule has 2 aliphatic rings. The number of anilines is 2. The van der Waals surface area contributed by atoms with E-state index in [0.29, 0.717) is 28.5 Å². The van der Waals surface area contributed by atoms with E-state index in [1.807, 2.05) is 32.0 Å². The number of aromatic nitrogens is 3. The monoisotopic (exact) mass is 462 g/mol. The van der Waals surface area contributed by atoms with E-state index in [9.17, 15) is 9.59 Å². The average molecular weight is 463 g/mol. The fourth-order valence-corrected chi connectivity index (χ4v) is 5.25. The molecule has 178 valence electrons. The first-order valence-electron chi connectivity index (χ1n) is 11.8. The van der Waals surface area contributed by atoms with Gasteiger partial charge in [0, 0.05) is 23.6 Å². The Kier molecular flexibility index (Phi) is 5.42. The molecule has 1 aromatic carbocycles. The Morgan fingerprint density at radius 2 is 1.94 bits per heavy atom. The Bertz CT molecular complexity index is 1230. The number of hydrogen-bond acceptors (Lipinski definition) is 6. The molecule has 2 heterocycles. The van der Waals surface area contributed by atoms with Crippen LogP contribution >= 0.6 is 0 Å². The first-order chi connectivity index (χ1) is 16.2. The number of hydrogen-bond donors (Lipinski definition) is 3. The van der Waals surface area contributed by atoms with E-state index in [4.69, 9.17) is 16.0 Å². The molecule has 9 heteroatoms. The summed E-state index contributed by atoms with van der Waals surface area (Å²) in [5, 5.41) is 11.4. The van der Waals surface area contributed by atoms with Gasteiger partial charge in [-0.25, -0.2) is 4.68 Å². The number of nitrogens with one attached hydrogen (secondary N) is 1. The van der Waals surface area contributed by atoms with Crippen molar-refractivity contribution in [3.05, 3.63) is 47.2 Å². The molecule has 0 saturated heterocycles. The second-order valence-electron chi connectivity index (χ2n) is 10.0. The summed E-state index contributed by atoms with van der Waals surface area (Å²) < 4.78 is 6.93. The zero-order chi connectivity index (χ0) is 24.0. The first kappa shape index (κ1) is 22.2. The van der Waals surface area contributed by atoms with Crippen molar-refractivity contribution in [3.63, 3.8) is 0 Å². The third-order valence-electron chi connectivity index (χ3n) is 7.26. The smallest absolute Gasteiger partial charge is 0.254 e. The zero-order valence-corrected chi connectivity index (χ0v) is 19.5. The Balaban J connectivity index is 1.22. The van der Waals surface area contributed by atoms with Gasteiger partial charge in [0.05, 0.1) is 12.1 Å². The lowest BCUT2D eigenvalue weighted by atomic mass is 9.51. The fourth-order valence-electron chi connectivity index (χ4n) is 5.25. The van der Waals surface area contributed by atoms with Crippen LogP contribution in [0.1, 0.15) is 79.5 Å². The number of benzene rings is 1. The molecule has 0 bridgehead atoms. The number of nitrogens with two attached hydrogens (primary N) is 2. The summed E-state index contributed by atoms with van der Waals surface area (Å²) in [6.07, 6.45) is 6.54. The largest absolute Gasteiger partial charge is 0.383 e. The van der Waals surface area contributed by atoms with E-state index in [2.05, 4.69) is 15.6 Å². The van der Waals surface area contributed by atoms with Crippen LogP contribution in [0.5, 0.6) is 0 Å². The normalized spacial score (nSPS) is 16.9. The van der Waals surface area contributed by atoms with E-state index in [1.165, 1.54) is 32.1 Å². The van der Waals surface area contributed by atoms with E-state index >= 15 is 0 Å². The van der Waals surface area contributed by atoms with Gasteiger partial charge in [-0.2, -0.15) is 5.10 Å². The van der Waals surface area contributed by atoms with Crippen LogP contribution in [0.3, 0.4) is 0 Å². The summed E-state index contributed by atoms with van der Waals surface area (Å²) >= 11 is 0. The molecular weight excluding hydrogens is 432 g/mol. The number of amides is 2. The second-order valence-corrected chi connectivity index (χ2v) is 10.0. The van der Waals surface area contributed by atoms with Crippen molar-refractivity contribution in [1.82, 2.24) is 14.9 Å². The highest BCUT2D eigenvalue weighted by molar-refractivity contribution is 6.03. The highest BCUT2D eigenvalue weighted by atomic mass is 16.5. The molecule has 2 fully saturated rings. The van der Waals surface area contributed by atoms with Crippen molar-refractivity contribution < 1.29 is 14.1 Å². The summed E-state index contributed by atoms with van der Waals surface area (Å²) in [6, 6.07) is 9.08. The van der Waals surface area contributed by atoms with Gasteiger partial charge in [-0.1, -0.05) is 35.8 Å². The van der Waals surface area contributed by atoms with Crippen LogP contribution in [0.4, 0.5) is 11.7 Å². The Hall–Kier alpha value is -3.62. The summed E-state index contributed by atoms with van der Waals surface area (Å²) in [6.45, 7) is 3.85. The molecule has 2 aliphatic carbocycles. The molecule has 9 nitrogen and oxygen atoms in total. The molecule has 1 spiro atoms. The third-order valence-corrected chi connectivity index (χ3v) is 7.26. The lowest BCUT2D eigenvalue weighted by Gasteiger charge is -2.53. The zero-order valence-electron chi connectivity index (χ0n) is 19.5. The highest BCUT2D eigenvalue weighted by Gasteiger charge is 2.49. The molecule has 2 saturated carbocycles. The van der Waals surface area contributed by atoms with Crippen LogP contribution in [0.15, 0.2) is 34.9 Å². The summed E-state index contributed by atoms with van der Waals surface area (Å²) in [7, 11) is 0. The lowest BCUT2D eigenvalue weighted by Crippen LogP contribution is -2.41. The van der Waals surface area contributed by atoms with E-state index in [-0.39, 0.29) is 29.8 Å². The number of primary amides is 1. The maximum Gasteiger partial charge on any atom is 0.254 e. The molecular formula is C25H30N6O3. The van der Waals surface area contributed by atoms with Gasteiger partial charge in [0.2, 0.25) is 11.8 Å². The number of carbonyl (C=O) groups excluding carboxylic acids is 2. The Labute approximate surface area is 197 Å². The van der Waals surface area contributed by atoms with Gasteiger partial charge in [0.25, 0.3) is 5.91 Å². The molecule has 0 radical (unpaired) electrons. The van der Waals surface area contributed by atoms with Gasteiger partial charge in [0.1, 0.15) is 17.1 Å². The summed E-state index contributed by atoms with van der Waals surface area (Å²) in [5.41, 5.74) is 15.3. The topological polar surface area (TPSA) is 142 Å². The Morgan fingerprint density at radius 3 is 2.53 bits per heavy atom. The maximum absolute atomic E-state index is 12.5. The van der Waals surface area contributed by atoms with E-state index in [1.54, 1.807) is 16.8 Å². The van der Waals surface area contributed by atoms with Crippen LogP contribution in [-0.4, -0.2) is 26.8 Å². The predicted octanol–water partition coefficient (Wildman–Crippen LogP) is 4.03. The fraction of sp³-hybridized carbons (Fsp3) is 0.440. The Morgan fingerprint density at radius 1 is 1.24 bits per heavy atom. The van der Waals surface area contributed by atoms with Crippen molar-refractivity contribution in [2.24, 2.45) is 11.1 Å². The van der Waals surface area contributed by atoms with Crippen molar-refractivity contribution in [3.8, 4) is 11.3 Å². The number of nitrogens with zero attached hydrogens (tertiary/aromatic N) is 3. The standard InChI is InChI=1S/C25H30N6O3/c1-14(2)31-23(26)21(24(27)33)22(29-31)16-6-4-15(5-7-16)10-19(32)28-20-11-18(30-34-20)17-12-25(13-17)8-3-9-25/h4-7,11,14,17H,3,8-10,12-13,26H2,1-2H3,(H2,27,33)(H,28,32). The molecule has 3 aromatic rings. The van der Waals surface area contributed by atoms with Gasteiger partial charge >= 0.3 is 0 Å². The SMILES string of the molecule is CC(C)n1nc(-c2ccc(CC(=O)Nc3cc(C4CC5(CCC5)C4)no3)cc2)c(C(N)=O)c1N. The molecule has 0 atom stereocenters. The maximum atomic E-state index is 12.5. The summed E-state index contributed by atoms with van der Waals surface area (Å²) in [5.74, 6) is 0.259. The number of nitrogen functional groups attached to an aromatic ring is 1. The number of carbonyl (C=O) groups is 2. The number of rotatable bonds is 7. The lowest BCUT2D eigenvalue weighted by molar-refractivity contribution is -0.115. The van der Waals surface area contributed by atoms with Gasteiger partial charge in [-0.05, 0) is 50.5 Å². The molecule has 5 N–H and O–H groups in total. The molecule has 0 aliphatic heterocycles. The van der Waals surface area contributed by atoms with Crippen LogP contribution in [0.2, 0.25) is 0 Å². The predicted molar refractivity (Wildman–Crippen MR) is 128 cm³/mol. The first-order valence-corrected chi connectivity index (χ1v) is 11.8. The van der Waals surface area contributed by atoms with Crippen LogP contribution in [0, 0.1) is 5.41 Å². The van der Waals surface area contributed by atoms with Crippen LogP contribution in [0.25, 0.3) is 11.3 Å².